The summed E-state index contributed by atoms with van der Waals surface area (Å²) in [4.78, 5) is 15.2. The van der Waals surface area contributed by atoms with Crippen molar-refractivity contribution in [3.05, 3.63) is 59.4 Å². The molecule has 0 N–H and O–H groups in total. The number of ether oxygens (including phenoxy) is 1. The van der Waals surface area contributed by atoms with Gasteiger partial charge < -0.3 is 9.64 Å². The molecule has 0 bridgehead atoms. The molecule has 2 heterocycles. The van der Waals surface area contributed by atoms with Crippen LogP contribution in [0.3, 0.4) is 0 Å². The summed E-state index contributed by atoms with van der Waals surface area (Å²) in [5, 5.41) is 0. The third-order valence-electron chi connectivity index (χ3n) is 5.10. The number of amides is 1. The number of anilines is 1. The summed E-state index contributed by atoms with van der Waals surface area (Å²) in [5.74, 6) is 0.271. The molecule has 24 heavy (non-hydrogen) atoms. The first-order valence-corrected chi connectivity index (χ1v) is 8.53. The van der Waals surface area contributed by atoms with Crippen LogP contribution in [0, 0.1) is 5.82 Å². The summed E-state index contributed by atoms with van der Waals surface area (Å²) >= 11 is 0. The summed E-state index contributed by atoms with van der Waals surface area (Å²) in [7, 11) is 0. The molecule has 2 aliphatic heterocycles. The van der Waals surface area contributed by atoms with E-state index in [1.165, 1.54) is 12.1 Å². The van der Waals surface area contributed by atoms with E-state index in [4.69, 9.17) is 4.74 Å². The monoisotopic (exact) mass is 325 g/mol. The summed E-state index contributed by atoms with van der Waals surface area (Å²) in [6, 6.07) is 12.3. The summed E-state index contributed by atoms with van der Waals surface area (Å²) < 4.78 is 19.6. The van der Waals surface area contributed by atoms with Crippen molar-refractivity contribution in [2.45, 2.75) is 31.6 Å². The van der Waals surface area contributed by atoms with Crippen LogP contribution in [0.2, 0.25) is 0 Å². The van der Waals surface area contributed by atoms with Gasteiger partial charge in [0.25, 0.3) is 0 Å². The average Bonchev–Trinajstić information content (AvgIpc) is 3.08. The molecule has 4 rings (SSSR count). The highest BCUT2D eigenvalue weighted by Crippen LogP contribution is 2.52. The molecule has 1 atom stereocenters. The number of fused-ring (bicyclic) bond motifs is 4. The molecule has 3 nitrogen and oxygen atoms in total. The number of carbonyl (C=O) groups is 1. The van der Waals surface area contributed by atoms with Crippen LogP contribution in [0.15, 0.2) is 42.5 Å². The van der Waals surface area contributed by atoms with E-state index in [-0.39, 0.29) is 18.3 Å². The zero-order chi connectivity index (χ0) is 16.7. The summed E-state index contributed by atoms with van der Waals surface area (Å²) in [6.07, 6.45) is 3.15. The Morgan fingerprint density at radius 1 is 1.17 bits per heavy atom. The Bertz CT molecular complexity index is 804. The van der Waals surface area contributed by atoms with E-state index >= 15 is 0 Å². The minimum absolute atomic E-state index is 0.00385. The number of carbonyl (C=O) groups excluding carboxylic acids is 1. The predicted molar refractivity (Wildman–Crippen MR) is 91.0 cm³/mol. The van der Waals surface area contributed by atoms with Gasteiger partial charge in [-0.2, -0.15) is 0 Å². The third-order valence-corrected chi connectivity index (χ3v) is 5.10. The highest BCUT2D eigenvalue weighted by atomic mass is 19.1. The fourth-order valence-corrected chi connectivity index (χ4v) is 3.89. The molecule has 0 saturated heterocycles. The number of halogens is 1. The topological polar surface area (TPSA) is 29.5 Å². The van der Waals surface area contributed by atoms with Crippen molar-refractivity contribution >= 4 is 11.6 Å². The number of unbranched alkanes of at least 4 members (excludes halogenated alkanes) is 2. The van der Waals surface area contributed by atoms with Crippen LogP contribution in [0.1, 0.15) is 37.3 Å². The lowest BCUT2D eigenvalue weighted by molar-refractivity contribution is -0.122. The first kappa shape index (κ1) is 15.2. The fourth-order valence-electron chi connectivity index (χ4n) is 3.89. The Kier molecular flexibility index (Phi) is 3.56. The van der Waals surface area contributed by atoms with E-state index in [1.54, 1.807) is 6.07 Å². The van der Waals surface area contributed by atoms with Gasteiger partial charge in [-0.25, -0.2) is 4.39 Å². The second-order valence-electron chi connectivity index (χ2n) is 6.52. The predicted octanol–water partition coefficient (Wildman–Crippen LogP) is 4.04. The van der Waals surface area contributed by atoms with Gasteiger partial charge >= 0.3 is 0 Å². The smallest absolute Gasteiger partial charge is 0.245 e. The van der Waals surface area contributed by atoms with Crippen molar-refractivity contribution in [2.24, 2.45) is 0 Å². The van der Waals surface area contributed by atoms with E-state index in [1.807, 2.05) is 29.2 Å². The largest absolute Gasteiger partial charge is 0.491 e. The molecule has 0 aliphatic carbocycles. The van der Waals surface area contributed by atoms with Gasteiger partial charge in [-0.1, -0.05) is 38.0 Å². The quantitative estimate of drug-likeness (QED) is 0.794. The van der Waals surface area contributed by atoms with Gasteiger partial charge in [-0.15, -0.1) is 0 Å². The Labute approximate surface area is 141 Å². The van der Waals surface area contributed by atoms with Crippen molar-refractivity contribution in [3.8, 4) is 5.75 Å². The maximum absolute atomic E-state index is 13.9. The second kappa shape index (κ2) is 5.62. The highest BCUT2D eigenvalue weighted by molar-refractivity contribution is 6.11. The molecular formula is C20H20FNO2. The minimum Gasteiger partial charge on any atom is -0.491 e. The number of nitrogens with zero attached hydrogens (tertiary/aromatic N) is 1. The van der Waals surface area contributed by atoms with Gasteiger partial charge in [0.15, 0.2) is 0 Å². The second-order valence-corrected chi connectivity index (χ2v) is 6.52. The maximum Gasteiger partial charge on any atom is 0.245 e. The van der Waals surface area contributed by atoms with Crippen molar-refractivity contribution in [3.63, 3.8) is 0 Å². The van der Waals surface area contributed by atoms with E-state index in [2.05, 4.69) is 6.92 Å². The van der Waals surface area contributed by atoms with Crippen LogP contribution >= 0.6 is 0 Å². The number of benzene rings is 2. The first-order chi connectivity index (χ1) is 11.7. The molecule has 2 aromatic rings. The van der Waals surface area contributed by atoms with E-state index < -0.39 is 5.41 Å². The molecule has 0 aromatic heterocycles. The van der Waals surface area contributed by atoms with Crippen molar-refractivity contribution in [2.75, 3.05) is 18.1 Å². The van der Waals surface area contributed by atoms with Crippen molar-refractivity contribution < 1.29 is 13.9 Å². The van der Waals surface area contributed by atoms with Crippen molar-refractivity contribution in [1.82, 2.24) is 0 Å². The molecule has 0 radical (unpaired) electrons. The molecule has 124 valence electrons. The Hall–Kier alpha value is -2.36. The van der Waals surface area contributed by atoms with Crippen LogP contribution in [-0.2, 0) is 10.2 Å². The zero-order valence-corrected chi connectivity index (χ0v) is 13.7. The summed E-state index contributed by atoms with van der Waals surface area (Å²) in [6.45, 7) is 3.08. The van der Waals surface area contributed by atoms with Crippen molar-refractivity contribution in [1.29, 1.82) is 0 Å². The average molecular weight is 325 g/mol. The van der Waals surface area contributed by atoms with E-state index in [0.717, 1.165) is 30.5 Å². The molecule has 0 saturated carbocycles. The Morgan fingerprint density at radius 2 is 2.00 bits per heavy atom. The lowest BCUT2D eigenvalue weighted by Crippen LogP contribution is -2.42. The number of para-hydroxylation sites is 1. The number of rotatable bonds is 4. The SMILES string of the molecule is CCCCCN1C(=O)C2(COc3ccc(F)cc32)c2ccccc21. The highest BCUT2D eigenvalue weighted by Gasteiger charge is 2.56. The van der Waals surface area contributed by atoms with Gasteiger partial charge in [0.2, 0.25) is 5.91 Å². The van der Waals surface area contributed by atoms with Crippen LogP contribution in [0.5, 0.6) is 5.75 Å². The molecule has 1 unspecified atom stereocenters. The zero-order valence-electron chi connectivity index (χ0n) is 13.7. The van der Waals surface area contributed by atoms with Gasteiger partial charge in [0.05, 0.1) is 0 Å². The molecule has 2 aliphatic rings. The van der Waals surface area contributed by atoms with Crippen LogP contribution in [0.25, 0.3) is 0 Å². The standard InChI is InChI=1S/C20H20FNO2/c1-2-3-6-11-22-17-8-5-4-7-15(17)20(19(22)23)13-24-18-10-9-14(21)12-16(18)20/h4-5,7-10,12H,2-3,6,11,13H2,1H3. The molecular weight excluding hydrogens is 305 g/mol. The summed E-state index contributed by atoms with van der Waals surface area (Å²) in [5.41, 5.74) is 1.60. The molecule has 2 aromatic carbocycles. The lowest BCUT2D eigenvalue weighted by Gasteiger charge is -2.23. The normalized spacial score (nSPS) is 21.1. The maximum atomic E-state index is 13.9. The van der Waals surface area contributed by atoms with E-state index in [0.29, 0.717) is 17.9 Å². The minimum atomic E-state index is -0.903. The third kappa shape index (κ3) is 1.98. The number of hydrogen-bond acceptors (Lipinski definition) is 2. The Balaban J connectivity index is 1.84. The molecule has 0 fully saturated rings. The van der Waals surface area contributed by atoms with Crippen LogP contribution < -0.4 is 9.64 Å². The first-order valence-electron chi connectivity index (χ1n) is 8.53. The Morgan fingerprint density at radius 3 is 2.83 bits per heavy atom. The molecule has 1 amide bonds. The molecule has 4 heteroatoms. The van der Waals surface area contributed by atoms with Crippen LogP contribution in [-0.4, -0.2) is 19.1 Å². The number of hydrogen-bond donors (Lipinski definition) is 0. The van der Waals surface area contributed by atoms with Gasteiger partial charge in [-0.05, 0) is 36.2 Å². The fraction of sp³-hybridized carbons (Fsp3) is 0.350. The van der Waals surface area contributed by atoms with Gasteiger partial charge in [0.1, 0.15) is 23.6 Å². The lowest BCUT2D eigenvalue weighted by atomic mass is 9.77. The van der Waals surface area contributed by atoms with Crippen LogP contribution in [0.4, 0.5) is 10.1 Å². The van der Waals surface area contributed by atoms with Gasteiger partial charge in [0, 0.05) is 17.8 Å². The van der Waals surface area contributed by atoms with E-state index in [9.17, 15) is 9.18 Å². The molecule has 1 spiro atoms. The van der Waals surface area contributed by atoms with Gasteiger partial charge in [-0.3, -0.25) is 4.79 Å².